The van der Waals surface area contributed by atoms with Gasteiger partial charge in [-0.2, -0.15) is 0 Å². The third kappa shape index (κ3) is 8.69. The second-order valence-electron chi connectivity index (χ2n) is 4.80. The van der Waals surface area contributed by atoms with Gasteiger partial charge in [0.2, 0.25) is 5.88 Å². The molecule has 2 rings (SSSR count). The summed E-state index contributed by atoms with van der Waals surface area (Å²) in [5.41, 5.74) is 0.502. The van der Waals surface area contributed by atoms with Gasteiger partial charge in [-0.3, -0.25) is 4.79 Å². The molecule has 0 fully saturated rings. The molecule has 1 heterocycles. The van der Waals surface area contributed by atoms with Crippen LogP contribution >= 0.6 is 24.8 Å². The summed E-state index contributed by atoms with van der Waals surface area (Å²) in [6.07, 6.45) is 1.51. The van der Waals surface area contributed by atoms with Gasteiger partial charge in [0.15, 0.2) is 0 Å². The maximum atomic E-state index is 12.0. The average Bonchev–Trinajstić information content (AvgIpc) is 2.59. The van der Waals surface area contributed by atoms with E-state index in [1.54, 1.807) is 19.2 Å². The fourth-order valence-corrected chi connectivity index (χ4v) is 1.85. The van der Waals surface area contributed by atoms with E-state index < -0.39 is 0 Å². The van der Waals surface area contributed by atoms with Crippen molar-refractivity contribution in [2.45, 2.75) is 0 Å². The summed E-state index contributed by atoms with van der Waals surface area (Å²) >= 11 is 0. The van der Waals surface area contributed by atoms with Crippen LogP contribution in [0.3, 0.4) is 0 Å². The van der Waals surface area contributed by atoms with Crippen molar-refractivity contribution in [3.05, 3.63) is 54.2 Å². The van der Waals surface area contributed by atoms with Gasteiger partial charge in [0.1, 0.15) is 5.75 Å². The zero-order valence-corrected chi connectivity index (χ0v) is 15.6. The Kier molecular flexibility index (Phi) is 12.4. The van der Waals surface area contributed by atoms with Gasteiger partial charge in [-0.25, -0.2) is 4.98 Å². The van der Waals surface area contributed by atoms with Crippen molar-refractivity contribution in [3.63, 3.8) is 0 Å². The second kappa shape index (κ2) is 13.4. The van der Waals surface area contributed by atoms with Crippen LogP contribution in [0.5, 0.6) is 11.6 Å². The van der Waals surface area contributed by atoms with Crippen molar-refractivity contribution in [2.24, 2.45) is 0 Å². The van der Waals surface area contributed by atoms with Crippen molar-refractivity contribution in [1.29, 1.82) is 0 Å². The summed E-state index contributed by atoms with van der Waals surface area (Å²) in [5, 5.41) is 5.98. The van der Waals surface area contributed by atoms with E-state index in [4.69, 9.17) is 9.47 Å². The van der Waals surface area contributed by atoms with E-state index >= 15 is 0 Å². The lowest BCUT2D eigenvalue weighted by Gasteiger charge is -2.07. The number of ether oxygens (including phenoxy) is 2. The first-order valence-electron chi connectivity index (χ1n) is 7.46. The Balaban J connectivity index is 0.00000288. The summed E-state index contributed by atoms with van der Waals surface area (Å²) < 4.78 is 10.5. The number of nitrogens with zero attached hydrogens (tertiary/aromatic N) is 1. The molecule has 0 aliphatic rings. The molecular formula is C17H23Cl2N3O3. The minimum atomic E-state index is -0.155. The molecule has 138 valence electrons. The molecule has 0 saturated heterocycles. The Morgan fingerprint density at radius 3 is 2.44 bits per heavy atom. The van der Waals surface area contributed by atoms with Crippen molar-refractivity contribution in [3.8, 4) is 11.6 Å². The van der Waals surface area contributed by atoms with Gasteiger partial charge in [0, 0.05) is 39.0 Å². The van der Waals surface area contributed by atoms with Gasteiger partial charge in [0.05, 0.1) is 12.2 Å². The number of carbonyl (C=O) groups is 1. The zero-order valence-electron chi connectivity index (χ0n) is 13.9. The van der Waals surface area contributed by atoms with Gasteiger partial charge in [-0.15, -0.1) is 24.8 Å². The number of benzene rings is 1. The van der Waals surface area contributed by atoms with Crippen LogP contribution in [-0.2, 0) is 4.74 Å². The van der Waals surface area contributed by atoms with E-state index in [1.165, 1.54) is 6.20 Å². The molecule has 0 radical (unpaired) electrons. The van der Waals surface area contributed by atoms with Crippen molar-refractivity contribution < 1.29 is 14.3 Å². The molecule has 0 aliphatic heterocycles. The number of aromatic nitrogens is 1. The minimum Gasteiger partial charge on any atom is -0.439 e. The molecule has 1 aromatic heterocycles. The number of carbonyl (C=O) groups excluding carboxylic acids is 1. The molecule has 8 heteroatoms. The SMILES string of the molecule is COCCNCCNC(=O)c1ccc(Oc2ccccc2)nc1.Cl.Cl. The minimum absolute atomic E-state index is 0. The number of hydrogen-bond acceptors (Lipinski definition) is 5. The molecule has 1 amide bonds. The summed E-state index contributed by atoms with van der Waals surface area (Å²) in [6.45, 7) is 2.66. The van der Waals surface area contributed by atoms with Crippen molar-refractivity contribution >= 4 is 30.7 Å². The smallest absolute Gasteiger partial charge is 0.252 e. The molecule has 0 unspecified atom stereocenters. The summed E-state index contributed by atoms with van der Waals surface area (Å²) in [6, 6.07) is 12.8. The first kappa shape index (κ1) is 23.1. The van der Waals surface area contributed by atoms with Crippen LogP contribution in [0.25, 0.3) is 0 Å². The van der Waals surface area contributed by atoms with Gasteiger partial charge >= 0.3 is 0 Å². The van der Waals surface area contributed by atoms with Crippen LogP contribution in [0.2, 0.25) is 0 Å². The normalized spacial score (nSPS) is 9.48. The van der Waals surface area contributed by atoms with Gasteiger partial charge in [0.25, 0.3) is 5.91 Å². The molecule has 0 bridgehead atoms. The highest BCUT2D eigenvalue weighted by molar-refractivity contribution is 5.93. The Morgan fingerprint density at radius 2 is 1.80 bits per heavy atom. The first-order chi connectivity index (χ1) is 11.3. The number of nitrogens with one attached hydrogen (secondary N) is 2. The number of amides is 1. The maximum absolute atomic E-state index is 12.0. The Labute approximate surface area is 160 Å². The second-order valence-corrected chi connectivity index (χ2v) is 4.80. The zero-order chi connectivity index (χ0) is 16.3. The van der Waals surface area contributed by atoms with Crippen LogP contribution in [0, 0.1) is 0 Å². The molecule has 1 aromatic carbocycles. The lowest BCUT2D eigenvalue weighted by Crippen LogP contribution is -2.33. The number of methoxy groups -OCH3 is 1. The number of hydrogen-bond donors (Lipinski definition) is 2. The predicted molar refractivity (Wildman–Crippen MR) is 102 cm³/mol. The molecule has 6 nitrogen and oxygen atoms in total. The Morgan fingerprint density at radius 1 is 1.04 bits per heavy atom. The Hall–Kier alpha value is -1.86. The fraction of sp³-hybridized carbons (Fsp3) is 0.294. The average molecular weight is 388 g/mol. The Bertz CT molecular complexity index is 598. The largest absolute Gasteiger partial charge is 0.439 e. The maximum Gasteiger partial charge on any atom is 0.252 e. The van der Waals surface area contributed by atoms with E-state index in [9.17, 15) is 4.79 Å². The van der Waals surface area contributed by atoms with Crippen LogP contribution in [0.1, 0.15) is 10.4 Å². The fourth-order valence-electron chi connectivity index (χ4n) is 1.85. The van der Waals surface area contributed by atoms with Crippen LogP contribution in [0.4, 0.5) is 0 Å². The monoisotopic (exact) mass is 387 g/mol. The number of rotatable bonds is 9. The number of para-hydroxylation sites is 1. The van der Waals surface area contributed by atoms with Gasteiger partial charge in [-0.1, -0.05) is 18.2 Å². The molecule has 0 atom stereocenters. The molecule has 25 heavy (non-hydrogen) atoms. The van der Waals surface area contributed by atoms with Crippen LogP contribution in [-0.4, -0.2) is 44.2 Å². The van der Waals surface area contributed by atoms with E-state index in [0.29, 0.717) is 36.9 Å². The quantitative estimate of drug-likeness (QED) is 0.647. The third-order valence-corrected chi connectivity index (χ3v) is 3.03. The highest BCUT2D eigenvalue weighted by Gasteiger charge is 2.06. The lowest BCUT2D eigenvalue weighted by molar-refractivity contribution is 0.0953. The summed E-state index contributed by atoms with van der Waals surface area (Å²) in [4.78, 5) is 16.1. The highest BCUT2D eigenvalue weighted by Crippen LogP contribution is 2.18. The van der Waals surface area contributed by atoms with Crippen molar-refractivity contribution in [2.75, 3.05) is 33.4 Å². The third-order valence-electron chi connectivity index (χ3n) is 3.03. The van der Waals surface area contributed by atoms with Gasteiger partial charge < -0.3 is 20.1 Å². The molecule has 2 N–H and O–H groups in total. The lowest BCUT2D eigenvalue weighted by atomic mass is 10.2. The number of halogens is 2. The summed E-state index contributed by atoms with van der Waals surface area (Å²) in [5.74, 6) is 1.01. The summed E-state index contributed by atoms with van der Waals surface area (Å²) in [7, 11) is 1.65. The van der Waals surface area contributed by atoms with Crippen LogP contribution in [0.15, 0.2) is 48.7 Å². The standard InChI is InChI=1S/C17H21N3O3.2ClH/c1-22-12-11-18-9-10-19-17(21)14-7-8-16(20-13-14)23-15-5-3-2-4-6-15;;/h2-8,13,18H,9-12H2,1H3,(H,19,21);2*1H. The van der Waals surface area contributed by atoms with Crippen molar-refractivity contribution in [1.82, 2.24) is 15.6 Å². The molecule has 2 aromatic rings. The molecule has 0 saturated carbocycles. The van der Waals surface area contributed by atoms with E-state index in [1.807, 2.05) is 30.3 Å². The molecule has 0 spiro atoms. The van der Waals surface area contributed by atoms with E-state index in [2.05, 4.69) is 15.6 Å². The van der Waals surface area contributed by atoms with Crippen LogP contribution < -0.4 is 15.4 Å². The first-order valence-corrected chi connectivity index (χ1v) is 7.46. The van der Waals surface area contributed by atoms with E-state index in [0.717, 1.165) is 6.54 Å². The van der Waals surface area contributed by atoms with Gasteiger partial charge in [-0.05, 0) is 18.2 Å². The molecule has 0 aliphatic carbocycles. The topological polar surface area (TPSA) is 72.5 Å². The number of pyridine rings is 1. The molecular weight excluding hydrogens is 365 g/mol. The predicted octanol–water partition coefficient (Wildman–Crippen LogP) is 2.68. The van der Waals surface area contributed by atoms with E-state index in [-0.39, 0.29) is 30.7 Å². The highest BCUT2D eigenvalue weighted by atomic mass is 35.5.